The van der Waals surface area contributed by atoms with Gasteiger partial charge in [-0.15, -0.1) is 0 Å². The van der Waals surface area contributed by atoms with E-state index in [-0.39, 0.29) is 54.1 Å². The lowest BCUT2D eigenvalue weighted by Crippen LogP contribution is -2.52. The number of carbonyl (C=O) groups is 2. The molecular formula is C23H22ClF3N4O2. The fraction of sp³-hybridized carbons (Fsp3) is 0.348. The summed E-state index contributed by atoms with van der Waals surface area (Å²) < 4.78 is 43.1. The van der Waals surface area contributed by atoms with Gasteiger partial charge in [0.2, 0.25) is 5.91 Å². The second kappa shape index (κ2) is 9.05. The second-order valence-electron chi connectivity index (χ2n) is 8.34. The zero-order valence-corrected chi connectivity index (χ0v) is 18.8. The van der Waals surface area contributed by atoms with Gasteiger partial charge in [0.25, 0.3) is 5.91 Å². The van der Waals surface area contributed by atoms with Gasteiger partial charge in [0.15, 0.2) is 11.6 Å². The molecule has 0 N–H and O–H groups in total. The van der Waals surface area contributed by atoms with Crippen molar-refractivity contribution in [3.8, 4) is 0 Å². The normalized spacial score (nSPS) is 15.4. The number of amides is 2. The monoisotopic (exact) mass is 478 g/mol. The van der Waals surface area contributed by atoms with E-state index in [1.54, 1.807) is 9.47 Å². The van der Waals surface area contributed by atoms with Crippen molar-refractivity contribution >= 4 is 34.4 Å². The molecule has 6 nitrogen and oxygen atoms in total. The van der Waals surface area contributed by atoms with Crippen molar-refractivity contribution in [1.82, 2.24) is 19.4 Å². The zero-order valence-electron chi connectivity index (χ0n) is 18.1. The van der Waals surface area contributed by atoms with E-state index < -0.39 is 29.4 Å². The Morgan fingerprint density at radius 1 is 0.939 bits per heavy atom. The molecule has 1 unspecified atom stereocenters. The summed E-state index contributed by atoms with van der Waals surface area (Å²) in [4.78, 5) is 33.4. The average Bonchev–Trinajstić information content (AvgIpc) is 3.17. The third-order valence-electron chi connectivity index (χ3n) is 5.84. The summed E-state index contributed by atoms with van der Waals surface area (Å²) in [6.07, 6.45) is 1.41. The molecule has 0 bridgehead atoms. The first kappa shape index (κ1) is 23.1. The van der Waals surface area contributed by atoms with Crippen molar-refractivity contribution in [1.29, 1.82) is 0 Å². The van der Waals surface area contributed by atoms with Crippen LogP contribution in [0.4, 0.5) is 13.2 Å². The predicted molar refractivity (Wildman–Crippen MR) is 117 cm³/mol. The van der Waals surface area contributed by atoms with E-state index in [0.29, 0.717) is 5.52 Å². The van der Waals surface area contributed by atoms with Gasteiger partial charge < -0.3 is 14.4 Å². The van der Waals surface area contributed by atoms with E-state index in [1.165, 1.54) is 23.4 Å². The number of hydrogen-bond acceptors (Lipinski definition) is 3. The van der Waals surface area contributed by atoms with Crippen molar-refractivity contribution < 1.29 is 22.8 Å². The van der Waals surface area contributed by atoms with E-state index in [1.807, 2.05) is 13.8 Å². The Hall–Kier alpha value is -3.07. The van der Waals surface area contributed by atoms with Crippen molar-refractivity contribution in [3.05, 3.63) is 64.7 Å². The predicted octanol–water partition coefficient (Wildman–Crippen LogP) is 4.29. The summed E-state index contributed by atoms with van der Waals surface area (Å²) in [5.41, 5.74) is 0.471. The lowest BCUT2D eigenvalue weighted by molar-refractivity contribution is -0.137. The standard InChI is InChI=1S/C23H22ClF3N4O2/c1-13(2)21(31-12-28-19-10-17(26)18(27)11-20(19)31)23(33)30-7-5-29(6-8-30)22(32)15-9-14(24)3-4-16(15)25/h3-4,9-13,21H,5-8H2,1-2H3. The molecule has 4 rings (SSSR count). The molecule has 174 valence electrons. The van der Waals surface area contributed by atoms with Crippen LogP contribution in [0.15, 0.2) is 36.7 Å². The molecule has 1 aromatic heterocycles. The van der Waals surface area contributed by atoms with E-state index in [0.717, 1.165) is 18.2 Å². The molecule has 10 heteroatoms. The molecule has 0 radical (unpaired) electrons. The van der Waals surface area contributed by atoms with E-state index >= 15 is 0 Å². The Morgan fingerprint density at radius 3 is 2.24 bits per heavy atom. The SMILES string of the molecule is CC(C)C(C(=O)N1CCN(C(=O)c2cc(Cl)ccc2F)CC1)n1cnc2cc(F)c(F)cc21. The molecule has 1 atom stereocenters. The van der Waals surface area contributed by atoms with Crippen LogP contribution in [-0.4, -0.2) is 57.3 Å². The maximum atomic E-state index is 14.1. The molecule has 1 aliphatic heterocycles. The lowest BCUT2D eigenvalue weighted by Gasteiger charge is -2.37. The van der Waals surface area contributed by atoms with Gasteiger partial charge in [-0.05, 0) is 24.1 Å². The van der Waals surface area contributed by atoms with Crippen LogP contribution in [0.5, 0.6) is 0 Å². The van der Waals surface area contributed by atoms with Gasteiger partial charge in [-0.1, -0.05) is 25.4 Å². The van der Waals surface area contributed by atoms with E-state index in [2.05, 4.69) is 4.98 Å². The van der Waals surface area contributed by atoms with Crippen LogP contribution in [0.2, 0.25) is 5.02 Å². The average molecular weight is 479 g/mol. The Kier molecular flexibility index (Phi) is 6.34. The number of imidazole rings is 1. The highest BCUT2D eigenvalue weighted by Gasteiger charge is 2.33. The first-order valence-electron chi connectivity index (χ1n) is 10.5. The Labute approximate surface area is 193 Å². The Bertz CT molecular complexity index is 1220. The number of benzene rings is 2. The Morgan fingerprint density at radius 2 is 1.58 bits per heavy atom. The van der Waals surface area contributed by atoms with Crippen molar-refractivity contribution in [2.45, 2.75) is 19.9 Å². The third-order valence-corrected chi connectivity index (χ3v) is 6.07. The number of hydrogen-bond donors (Lipinski definition) is 0. The van der Waals surface area contributed by atoms with Gasteiger partial charge in [0.1, 0.15) is 11.9 Å². The largest absolute Gasteiger partial charge is 0.337 e. The molecule has 0 saturated carbocycles. The van der Waals surface area contributed by atoms with Gasteiger partial charge in [-0.2, -0.15) is 0 Å². The molecule has 2 amide bonds. The summed E-state index contributed by atoms with van der Waals surface area (Å²) in [6.45, 7) is 4.68. The summed E-state index contributed by atoms with van der Waals surface area (Å²) in [5, 5.41) is 0.261. The smallest absolute Gasteiger partial charge is 0.257 e. The molecule has 1 aliphatic rings. The second-order valence-corrected chi connectivity index (χ2v) is 8.77. The van der Waals surface area contributed by atoms with E-state index in [9.17, 15) is 22.8 Å². The highest BCUT2D eigenvalue weighted by molar-refractivity contribution is 6.31. The molecule has 3 aromatic rings. The molecule has 0 spiro atoms. The minimum atomic E-state index is -1.01. The fourth-order valence-electron chi connectivity index (χ4n) is 4.12. The third kappa shape index (κ3) is 4.42. The highest BCUT2D eigenvalue weighted by Crippen LogP contribution is 2.28. The van der Waals surface area contributed by atoms with Crippen molar-refractivity contribution in [2.75, 3.05) is 26.2 Å². The summed E-state index contributed by atoms with van der Waals surface area (Å²) in [7, 11) is 0. The van der Waals surface area contributed by atoms with Crippen LogP contribution in [0.3, 0.4) is 0 Å². The summed E-state index contributed by atoms with van der Waals surface area (Å²) in [6, 6.07) is 5.16. The summed E-state index contributed by atoms with van der Waals surface area (Å²) >= 11 is 5.90. The molecule has 2 aromatic carbocycles. The highest BCUT2D eigenvalue weighted by atomic mass is 35.5. The quantitative estimate of drug-likeness (QED) is 0.562. The van der Waals surface area contributed by atoms with Gasteiger partial charge in [0.05, 0.1) is 22.9 Å². The fourth-order valence-corrected chi connectivity index (χ4v) is 4.29. The van der Waals surface area contributed by atoms with Crippen LogP contribution >= 0.6 is 11.6 Å². The number of rotatable bonds is 4. The first-order valence-corrected chi connectivity index (χ1v) is 10.9. The molecular weight excluding hydrogens is 457 g/mol. The van der Waals surface area contributed by atoms with Gasteiger partial charge in [0, 0.05) is 43.3 Å². The lowest BCUT2D eigenvalue weighted by atomic mass is 10.0. The summed E-state index contributed by atoms with van der Waals surface area (Å²) in [5.74, 6) is -3.53. The molecule has 33 heavy (non-hydrogen) atoms. The number of fused-ring (bicyclic) bond motifs is 1. The number of nitrogens with zero attached hydrogens (tertiary/aromatic N) is 4. The Balaban J connectivity index is 1.52. The minimum Gasteiger partial charge on any atom is -0.337 e. The van der Waals surface area contributed by atoms with Crippen LogP contribution in [-0.2, 0) is 4.79 Å². The van der Waals surface area contributed by atoms with Gasteiger partial charge in [-0.25, -0.2) is 18.2 Å². The minimum absolute atomic E-state index is 0.110. The number of halogens is 4. The molecule has 2 heterocycles. The maximum Gasteiger partial charge on any atom is 0.257 e. The van der Waals surface area contributed by atoms with Crippen LogP contribution in [0.25, 0.3) is 11.0 Å². The maximum absolute atomic E-state index is 14.1. The zero-order chi connectivity index (χ0) is 23.9. The van der Waals surface area contributed by atoms with Crippen LogP contribution in [0, 0.1) is 23.4 Å². The van der Waals surface area contributed by atoms with Crippen LogP contribution < -0.4 is 0 Å². The number of aromatic nitrogens is 2. The number of carbonyl (C=O) groups excluding carboxylic acids is 2. The molecule has 0 aliphatic carbocycles. The number of piperazine rings is 1. The van der Waals surface area contributed by atoms with E-state index in [4.69, 9.17) is 11.6 Å². The first-order chi connectivity index (χ1) is 15.7. The van der Waals surface area contributed by atoms with Crippen molar-refractivity contribution in [2.24, 2.45) is 5.92 Å². The van der Waals surface area contributed by atoms with Crippen LogP contribution in [0.1, 0.15) is 30.2 Å². The molecule has 1 fully saturated rings. The topological polar surface area (TPSA) is 58.4 Å². The van der Waals surface area contributed by atoms with Gasteiger partial charge in [-0.3, -0.25) is 9.59 Å². The van der Waals surface area contributed by atoms with Crippen molar-refractivity contribution in [3.63, 3.8) is 0 Å². The van der Waals surface area contributed by atoms with Gasteiger partial charge >= 0.3 is 0 Å². The molecule has 1 saturated heterocycles.